The van der Waals surface area contributed by atoms with Gasteiger partial charge in [-0.3, -0.25) is 9.59 Å². The van der Waals surface area contributed by atoms with Crippen LogP contribution in [-0.2, 0) is 38.1 Å². The molecule has 3 atom stereocenters. The van der Waals surface area contributed by atoms with Gasteiger partial charge in [0.05, 0.1) is 13.2 Å². The molecule has 1 fully saturated rings. The van der Waals surface area contributed by atoms with Crippen LogP contribution in [-0.4, -0.2) is 47.8 Å². The van der Waals surface area contributed by atoms with Crippen molar-refractivity contribution in [2.45, 2.75) is 77.2 Å². The molecule has 0 aliphatic carbocycles. The van der Waals surface area contributed by atoms with Gasteiger partial charge in [0, 0.05) is 12.3 Å². The van der Waals surface area contributed by atoms with Crippen molar-refractivity contribution < 1.29 is 38.1 Å². The Hall–Kier alpha value is -5.28. The van der Waals surface area contributed by atoms with Gasteiger partial charge in [-0.15, -0.1) is 0 Å². The van der Waals surface area contributed by atoms with Crippen molar-refractivity contribution in [3.63, 3.8) is 0 Å². The molecule has 5 rings (SSSR count). The number of ether oxygens (including phenoxy) is 4. The van der Waals surface area contributed by atoms with E-state index in [1.807, 2.05) is 141 Å². The number of benzene rings is 4. The van der Waals surface area contributed by atoms with Gasteiger partial charge in [0.2, 0.25) is 5.78 Å². The Morgan fingerprint density at radius 3 is 1.77 bits per heavy atom. The van der Waals surface area contributed by atoms with Crippen LogP contribution in [0.5, 0.6) is 0 Å². The van der Waals surface area contributed by atoms with Crippen LogP contribution in [0.2, 0.25) is 0 Å². The maximum atomic E-state index is 12.2. The fourth-order valence-electron chi connectivity index (χ4n) is 4.90. The fourth-order valence-corrected chi connectivity index (χ4v) is 5.01. The number of carbonyl (C=O) groups excluding carboxylic acids is 4. The number of halogens is 1. The molecule has 8 nitrogen and oxygen atoms in total. The summed E-state index contributed by atoms with van der Waals surface area (Å²) in [4.78, 5) is 45.9. The molecule has 300 valence electrons. The highest BCUT2D eigenvalue weighted by atomic mass is 79.9. The van der Waals surface area contributed by atoms with Gasteiger partial charge in [0.15, 0.2) is 11.9 Å². The van der Waals surface area contributed by atoms with Crippen molar-refractivity contribution in [2.24, 2.45) is 0 Å². The number of rotatable bonds is 12. The minimum atomic E-state index is -0.729. The van der Waals surface area contributed by atoms with Crippen LogP contribution in [0.25, 0.3) is 6.08 Å². The van der Waals surface area contributed by atoms with E-state index < -0.39 is 22.0 Å². The molecule has 0 saturated carbocycles. The first-order valence-electron chi connectivity index (χ1n) is 18.2. The van der Waals surface area contributed by atoms with Gasteiger partial charge in [-0.1, -0.05) is 171 Å². The molecular weight excluding hydrogens is 772 g/mol. The maximum absolute atomic E-state index is 12.2. The standard InChI is InChI=1S/C21H24O3.C11H10O3.C8H8.C6H11BrO2.CH4/c1-3-17(19-12-8-5-9-13-19)14-20(22)21(23)24-15-16(2)18-10-6-4-7-11-18;1-8-11(12)13-7-10(14-8)9-5-3-2-4-6-9;1-2-8-6-4-3-5-7-8;1-4-9-5(8)6(2,3)7;/h4-13,16-17H,3,14-15H2,1-2H3;2-6,10H,1,7H2;2-7H,1H2;4H2,1-3H3;1H4. The molecule has 4 aromatic rings. The molecule has 56 heavy (non-hydrogen) atoms. The third-order valence-electron chi connectivity index (χ3n) is 8.10. The van der Waals surface area contributed by atoms with Gasteiger partial charge in [0.1, 0.15) is 10.9 Å². The van der Waals surface area contributed by atoms with Gasteiger partial charge in [-0.05, 0) is 61.9 Å². The molecule has 1 heterocycles. The number of cyclic esters (lactones) is 1. The van der Waals surface area contributed by atoms with Crippen LogP contribution < -0.4 is 0 Å². The monoisotopic (exact) mass is 828 g/mol. The molecule has 0 bridgehead atoms. The van der Waals surface area contributed by atoms with Crippen LogP contribution in [0.15, 0.2) is 140 Å². The number of hydrogen-bond donors (Lipinski definition) is 0. The van der Waals surface area contributed by atoms with Crippen LogP contribution in [0.1, 0.15) is 95.1 Å². The minimum Gasteiger partial charge on any atom is -0.475 e. The van der Waals surface area contributed by atoms with Crippen molar-refractivity contribution in [3.8, 4) is 0 Å². The van der Waals surface area contributed by atoms with Crippen molar-refractivity contribution in [3.05, 3.63) is 162 Å². The summed E-state index contributed by atoms with van der Waals surface area (Å²) in [6, 6.07) is 39.3. The van der Waals surface area contributed by atoms with Gasteiger partial charge in [-0.25, -0.2) is 9.59 Å². The summed E-state index contributed by atoms with van der Waals surface area (Å²) < 4.78 is 19.6. The Balaban J connectivity index is 0.000000413. The average Bonchev–Trinajstić information content (AvgIpc) is 3.21. The van der Waals surface area contributed by atoms with Gasteiger partial charge in [-0.2, -0.15) is 0 Å². The lowest BCUT2D eigenvalue weighted by Crippen LogP contribution is -2.26. The summed E-state index contributed by atoms with van der Waals surface area (Å²) in [5, 5.41) is 0. The zero-order valence-corrected chi connectivity index (χ0v) is 34.0. The van der Waals surface area contributed by atoms with Gasteiger partial charge >= 0.3 is 17.9 Å². The smallest absolute Gasteiger partial charge is 0.374 e. The van der Waals surface area contributed by atoms with E-state index in [0.717, 1.165) is 23.1 Å². The predicted octanol–water partition coefficient (Wildman–Crippen LogP) is 11.0. The van der Waals surface area contributed by atoms with Crippen molar-refractivity contribution >= 4 is 45.7 Å². The summed E-state index contributed by atoms with van der Waals surface area (Å²) >= 11 is 3.17. The maximum Gasteiger partial charge on any atom is 0.374 e. The third kappa shape index (κ3) is 18.4. The number of hydrogen-bond acceptors (Lipinski definition) is 8. The summed E-state index contributed by atoms with van der Waals surface area (Å²) in [5.74, 6) is -1.68. The molecule has 0 radical (unpaired) electrons. The number of carbonyl (C=O) groups is 4. The molecular formula is C47H57BrO8. The molecule has 0 spiro atoms. The van der Waals surface area contributed by atoms with E-state index in [9.17, 15) is 19.2 Å². The van der Waals surface area contributed by atoms with Gasteiger partial charge in [0.25, 0.3) is 0 Å². The quantitative estimate of drug-likeness (QED) is 0.0457. The molecule has 0 N–H and O–H groups in total. The highest BCUT2D eigenvalue weighted by Gasteiger charge is 2.26. The van der Waals surface area contributed by atoms with Crippen LogP contribution in [0, 0.1) is 0 Å². The summed E-state index contributed by atoms with van der Waals surface area (Å²) in [7, 11) is 0. The Morgan fingerprint density at radius 2 is 1.34 bits per heavy atom. The molecule has 0 amide bonds. The summed E-state index contributed by atoms with van der Waals surface area (Å²) in [6.07, 6.45) is 2.61. The molecule has 1 aliphatic rings. The lowest BCUT2D eigenvalue weighted by atomic mass is 9.91. The molecule has 9 heteroatoms. The molecule has 4 aromatic carbocycles. The van der Waals surface area contributed by atoms with E-state index in [0.29, 0.717) is 6.61 Å². The Morgan fingerprint density at radius 1 is 0.839 bits per heavy atom. The van der Waals surface area contributed by atoms with Crippen molar-refractivity contribution in [1.82, 2.24) is 0 Å². The average molecular weight is 830 g/mol. The van der Waals surface area contributed by atoms with E-state index in [2.05, 4.69) is 29.1 Å². The van der Waals surface area contributed by atoms with Crippen molar-refractivity contribution in [1.29, 1.82) is 0 Å². The number of esters is 3. The summed E-state index contributed by atoms with van der Waals surface area (Å²) in [6.45, 7) is 17.3. The molecule has 1 saturated heterocycles. The van der Waals surface area contributed by atoms with E-state index >= 15 is 0 Å². The first kappa shape index (κ1) is 48.7. The lowest BCUT2D eigenvalue weighted by molar-refractivity contribution is -0.157. The number of alkyl halides is 1. The predicted molar refractivity (Wildman–Crippen MR) is 228 cm³/mol. The van der Waals surface area contributed by atoms with E-state index in [1.165, 1.54) is 5.56 Å². The second-order valence-corrected chi connectivity index (χ2v) is 14.9. The lowest BCUT2D eigenvalue weighted by Gasteiger charge is -2.24. The Bertz CT molecular complexity index is 1750. The normalized spacial score (nSPS) is 13.9. The van der Waals surface area contributed by atoms with E-state index in [1.54, 1.807) is 20.8 Å². The van der Waals surface area contributed by atoms with E-state index in [4.69, 9.17) is 18.9 Å². The number of Topliss-reactive ketones (excluding diaryl/α,β-unsaturated/α-hetero) is 1. The molecule has 1 aliphatic heterocycles. The third-order valence-corrected chi connectivity index (χ3v) is 8.43. The first-order valence-corrected chi connectivity index (χ1v) is 19.0. The van der Waals surface area contributed by atoms with Crippen LogP contribution >= 0.6 is 15.9 Å². The van der Waals surface area contributed by atoms with Gasteiger partial charge < -0.3 is 18.9 Å². The topological polar surface area (TPSA) is 105 Å². The summed E-state index contributed by atoms with van der Waals surface area (Å²) in [5.41, 5.74) is 4.33. The minimum absolute atomic E-state index is 0. The molecule has 3 unspecified atom stereocenters. The highest BCUT2D eigenvalue weighted by Crippen LogP contribution is 2.25. The number of ketones is 1. The largest absolute Gasteiger partial charge is 0.475 e. The zero-order chi connectivity index (χ0) is 40.6. The highest BCUT2D eigenvalue weighted by molar-refractivity contribution is 9.10. The second kappa shape index (κ2) is 26.5. The Kier molecular flexibility index (Phi) is 23.1. The SMILES string of the molecule is C.C=C1OC(c2ccccc2)COC1=O.C=Cc1ccccc1.CCC(CC(=O)C(=O)OCC(C)c1ccccc1)c1ccccc1.CCOC(=O)C(C)(C)Br. The second-order valence-electron chi connectivity index (χ2n) is 12.9. The first-order chi connectivity index (χ1) is 26.3. The van der Waals surface area contributed by atoms with Crippen LogP contribution in [0.4, 0.5) is 0 Å². The Labute approximate surface area is 342 Å². The van der Waals surface area contributed by atoms with E-state index in [-0.39, 0.29) is 56.7 Å². The fraction of sp³-hybridized carbons (Fsp3) is 0.319. The van der Waals surface area contributed by atoms with Crippen molar-refractivity contribution in [2.75, 3.05) is 19.8 Å². The zero-order valence-electron chi connectivity index (χ0n) is 32.5. The van der Waals surface area contributed by atoms with Crippen LogP contribution in [0.3, 0.4) is 0 Å². The molecule has 0 aromatic heterocycles.